The van der Waals surface area contributed by atoms with Gasteiger partial charge in [0.25, 0.3) is 0 Å². The van der Waals surface area contributed by atoms with Crippen LogP contribution in [0.2, 0.25) is 0 Å². The quantitative estimate of drug-likeness (QED) is 0.323. The SMILES string of the molecule is NC(=O)N(O)N1CCCN1. The topological polar surface area (TPSA) is 81.8 Å². The molecule has 0 aromatic heterocycles. The molecule has 6 heteroatoms. The summed E-state index contributed by atoms with van der Waals surface area (Å²) in [4.78, 5) is 10.3. The number of nitrogens with two attached hydrogens (primary N) is 1. The summed E-state index contributed by atoms with van der Waals surface area (Å²) in [6.45, 7) is 1.35. The minimum absolute atomic E-state index is 0.368. The van der Waals surface area contributed by atoms with Crippen LogP contribution in [0.15, 0.2) is 0 Å². The van der Waals surface area contributed by atoms with Crippen molar-refractivity contribution >= 4 is 6.03 Å². The molecular weight excluding hydrogens is 136 g/mol. The first-order chi connectivity index (χ1) is 4.72. The second kappa shape index (κ2) is 2.82. The summed E-state index contributed by atoms with van der Waals surface area (Å²) in [7, 11) is 0. The first kappa shape index (κ1) is 7.26. The van der Waals surface area contributed by atoms with Gasteiger partial charge in [-0.2, -0.15) is 0 Å². The first-order valence-electron chi connectivity index (χ1n) is 3.01. The highest BCUT2D eigenvalue weighted by Gasteiger charge is 2.19. The van der Waals surface area contributed by atoms with E-state index in [-0.39, 0.29) is 0 Å². The number of nitrogens with zero attached hydrogens (tertiary/aromatic N) is 2. The zero-order valence-corrected chi connectivity index (χ0v) is 5.45. The fourth-order valence-corrected chi connectivity index (χ4v) is 0.797. The zero-order valence-electron chi connectivity index (χ0n) is 5.45. The Balaban J connectivity index is 2.39. The first-order valence-corrected chi connectivity index (χ1v) is 3.01. The fourth-order valence-electron chi connectivity index (χ4n) is 0.797. The smallest absolute Gasteiger partial charge is 0.348 e. The van der Waals surface area contributed by atoms with Crippen molar-refractivity contribution in [3.05, 3.63) is 0 Å². The largest absolute Gasteiger partial charge is 0.355 e. The average molecular weight is 146 g/mol. The number of hydrogen-bond acceptors (Lipinski definition) is 4. The van der Waals surface area contributed by atoms with Crippen LogP contribution in [0.3, 0.4) is 0 Å². The average Bonchev–Trinajstić information content (AvgIpc) is 2.36. The third-order valence-corrected chi connectivity index (χ3v) is 1.27. The van der Waals surface area contributed by atoms with E-state index in [9.17, 15) is 4.79 Å². The normalized spacial score (nSPS) is 19.3. The molecule has 1 heterocycles. The highest BCUT2D eigenvalue weighted by atomic mass is 16.6. The molecule has 0 bridgehead atoms. The maximum Gasteiger partial charge on any atom is 0.355 e. The van der Waals surface area contributed by atoms with E-state index in [1.807, 2.05) is 0 Å². The van der Waals surface area contributed by atoms with Crippen LogP contribution in [0.5, 0.6) is 0 Å². The van der Waals surface area contributed by atoms with Crippen molar-refractivity contribution in [3.8, 4) is 0 Å². The highest BCUT2D eigenvalue weighted by Crippen LogP contribution is 1.97. The molecule has 1 fully saturated rings. The summed E-state index contributed by atoms with van der Waals surface area (Å²) in [6.07, 6.45) is 0.893. The highest BCUT2D eigenvalue weighted by molar-refractivity contribution is 5.69. The maximum absolute atomic E-state index is 10.3. The van der Waals surface area contributed by atoms with Crippen molar-refractivity contribution < 1.29 is 10.0 Å². The number of hydrogen-bond donors (Lipinski definition) is 3. The maximum atomic E-state index is 10.3. The van der Waals surface area contributed by atoms with E-state index in [1.54, 1.807) is 0 Å². The van der Waals surface area contributed by atoms with E-state index >= 15 is 0 Å². The van der Waals surface area contributed by atoms with Crippen LogP contribution in [-0.4, -0.2) is 34.6 Å². The van der Waals surface area contributed by atoms with Crippen LogP contribution in [0.25, 0.3) is 0 Å². The van der Waals surface area contributed by atoms with E-state index in [2.05, 4.69) is 5.43 Å². The molecule has 1 aliphatic rings. The Kier molecular flexibility index (Phi) is 2.05. The van der Waals surface area contributed by atoms with Gasteiger partial charge in [-0.1, -0.05) is 0 Å². The van der Waals surface area contributed by atoms with Crippen LogP contribution in [0.1, 0.15) is 6.42 Å². The summed E-state index contributed by atoms with van der Waals surface area (Å²) in [6, 6.07) is -0.880. The van der Waals surface area contributed by atoms with Gasteiger partial charge < -0.3 is 5.73 Å². The van der Waals surface area contributed by atoms with Gasteiger partial charge in [0.2, 0.25) is 0 Å². The van der Waals surface area contributed by atoms with Crippen molar-refractivity contribution in [2.45, 2.75) is 6.42 Å². The molecule has 0 aromatic carbocycles. The molecule has 0 unspecified atom stereocenters. The minimum atomic E-state index is -0.880. The van der Waals surface area contributed by atoms with Gasteiger partial charge in [0.05, 0.1) is 0 Å². The van der Waals surface area contributed by atoms with Gasteiger partial charge in [0.15, 0.2) is 0 Å². The van der Waals surface area contributed by atoms with E-state index in [0.717, 1.165) is 13.0 Å². The number of urea groups is 1. The van der Waals surface area contributed by atoms with Crippen molar-refractivity contribution in [2.75, 3.05) is 13.1 Å². The molecule has 4 N–H and O–H groups in total. The predicted molar refractivity (Wildman–Crippen MR) is 32.5 cm³/mol. The molecule has 1 aliphatic heterocycles. The van der Waals surface area contributed by atoms with Gasteiger partial charge in [-0.3, -0.25) is 5.21 Å². The van der Waals surface area contributed by atoms with Gasteiger partial charge in [0, 0.05) is 13.1 Å². The lowest BCUT2D eigenvalue weighted by molar-refractivity contribution is -0.208. The molecule has 6 nitrogen and oxygen atoms in total. The molecule has 2 amide bonds. The molecule has 10 heavy (non-hydrogen) atoms. The molecule has 0 saturated carbocycles. The summed E-state index contributed by atoms with van der Waals surface area (Å²) in [5.74, 6) is 0. The number of primary amides is 1. The molecule has 58 valence electrons. The lowest BCUT2D eigenvalue weighted by Crippen LogP contribution is -2.50. The number of carbonyl (C=O) groups is 1. The van der Waals surface area contributed by atoms with Crippen LogP contribution >= 0.6 is 0 Å². The summed E-state index contributed by atoms with van der Waals surface area (Å²) in [5, 5.41) is 10.5. The number of hydroxylamine groups is 1. The molecule has 1 rings (SSSR count). The second-order valence-electron chi connectivity index (χ2n) is 2.01. The van der Waals surface area contributed by atoms with Gasteiger partial charge in [-0.15, -0.1) is 10.3 Å². The van der Waals surface area contributed by atoms with E-state index in [1.165, 1.54) is 5.12 Å². The van der Waals surface area contributed by atoms with Crippen molar-refractivity contribution in [1.29, 1.82) is 0 Å². The monoisotopic (exact) mass is 146 g/mol. The fraction of sp³-hybridized carbons (Fsp3) is 0.750. The van der Waals surface area contributed by atoms with Crippen LogP contribution in [0, 0.1) is 0 Å². The van der Waals surface area contributed by atoms with Gasteiger partial charge in [0.1, 0.15) is 0 Å². The number of amides is 2. The van der Waals surface area contributed by atoms with E-state index < -0.39 is 6.03 Å². The molecule has 0 spiro atoms. The third-order valence-electron chi connectivity index (χ3n) is 1.27. The summed E-state index contributed by atoms with van der Waals surface area (Å²) in [5.41, 5.74) is 7.52. The van der Waals surface area contributed by atoms with Crippen LogP contribution < -0.4 is 11.2 Å². The predicted octanol–water partition coefficient (Wildman–Crippen LogP) is -1.12. The molecule has 0 aliphatic carbocycles. The Morgan fingerprint density at radius 3 is 2.90 bits per heavy atom. The molecule has 1 saturated heterocycles. The Labute approximate surface area is 58.1 Å². The summed E-state index contributed by atoms with van der Waals surface area (Å²) < 4.78 is 0. The molecular formula is C4H10N4O2. The number of hydrazine groups is 2. The Morgan fingerprint density at radius 1 is 1.80 bits per heavy atom. The number of nitrogens with one attached hydrogen (secondary N) is 1. The lowest BCUT2D eigenvalue weighted by atomic mass is 10.5. The Hall–Kier alpha value is -0.850. The van der Waals surface area contributed by atoms with Gasteiger partial charge >= 0.3 is 6.03 Å². The number of carbonyl (C=O) groups excluding carboxylic acids is 1. The van der Waals surface area contributed by atoms with Gasteiger partial charge in [-0.25, -0.2) is 10.2 Å². The minimum Gasteiger partial charge on any atom is -0.348 e. The molecule has 0 atom stereocenters. The van der Waals surface area contributed by atoms with Crippen molar-refractivity contribution in [3.63, 3.8) is 0 Å². The Morgan fingerprint density at radius 2 is 2.50 bits per heavy atom. The van der Waals surface area contributed by atoms with Crippen LogP contribution in [-0.2, 0) is 0 Å². The van der Waals surface area contributed by atoms with Crippen LogP contribution in [0.4, 0.5) is 4.79 Å². The van der Waals surface area contributed by atoms with E-state index in [0.29, 0.717) is 11.7 Å². The zero-order chi connectivity index (χ0) is 7.56. The summed E-state index contributed by atoms with van der Waals surface area (Å²) >= 11 is 0. The Bertz CT molecular complexity index is 133. The van der Waals surface area contributed by atoms with Crippen molar-refractivity contribution in [2.24, 2.45) is 5.73 Å². The third kappa shape index (κ3) is 1.35. The van der Waals surface area contributed by atoms with Crippen molar-refractivity contribution in [1.82, 2.24) is 15.7 Å². The second-order valence-corrected chi connectivity index (χ2v) is 2.01. The molecule has 0 aromatic rings. The van der Waals surface area contributed by atoms with E-state index in [4.69, 9.17) is 10.9 Å². The standard InChI is InChI=1S/C4H10N4O2/c5-4(9)8(10)7-3-1-2-6-7/h6,10H,1-3H2,(H2,5,9). The van der Waals surface area contributed by atoms with Gasteiger partial charge in [-0.05, 0) is 6.42 Å². The lowest BCUT2D eigenvalue weighted by Gasteiger charge is -2.22. The number of rotatable bonds is 1. The molecule has 0 radical (unpaired) electrons.